The molecule has 218 valence electrons. The van der Waals surface area contributed by atoms with E-state index in [0.29, 0.717) is 59.8 Å². The highest BCUT2D eigenvalue weighted by Gasteiger charge is 2.26. The second kappa shape index (κ2) is 13.5. The molecule has 0 bridgehead atoms. The monoisotopic (exact) mass is 554 g/mol. The van der Waals surface area contributed by atoms with Crippen molar-refractivity contribution < 1.29 is 28.3 Å². The second-order valence-corrected chi connectivity index (χ2v) is 10.7. The first kappa shape index (κ1) is 30.7. The van der Waals surface area contributed by atoms with Gasteiger partial charge in [-0.15, -0.1) is 0 Å². The molecule has 3 rings (SSSR count). The minimum Gasteiger partial charge on any atom is -0.493 e. The van der Waals surface area contributed by atoms with Crippen LogP contribution in [-0.4, -0.2) is 60.2 Å². The minimum atomic E-state index is -0.673. The summed E-state index contributed by atoms with van der Waals surface area (Å²) < 4.78 is 22.6. The lowest BCUT2D eigenvalue weighted by atomic mass is 9.97. The van der Waals surface area contributed by atoms with Crippen molar-refractivity contribution in [3.8, 4) is 17.2 Å². The number of nitrogen functional groups attached to an aromatic ring is 1. The number of nitrogens with two attached hydrogens (primary N) is 2. The number of aromatic nitrogens is 1. The van der Waals surface area contributed by atoms with Crippen molar-refractivity contribution in [2.45, 2.75) is 72.5 Å². The van der Waals surface area contributed by atoms with Crippen LogP contribution < -0.4 is 25.7 Å². The lowest BCUT2D eigenvalue weighted by Gasteiger charge is -2.31. The van der Waals surface area contributed by atoms with E-state index in [2.05, 4.69) is 5.16 Å². The third-order valence-electron chi connectivity index (χ3n) is 6.71. The third-order valence-corrected chi connectivity index (χ3v) is 6.71. The van der Waals surface area contributed by atoms with Gasteiger partial charge in [-0.3, -0.25) is 9.59 Å². The van der Waals surface area contributed by atoms with Gasteiger partial charge in [-0.2, -0.15) is 0 Å². The number of rotatable bonds is 14. The summed E-state index contributed by atoms with van der Waals surface area (Å²) in [5.41, 5.74) is 13.6. The zero-order valence-corrected chi connectivity index (χ0v) is 24.5. The number of anilines is 1. The number of carbonyl (C=O) groups excluding carboxylic acids is 2. The van der Waals surface area contributed by atoms with Crippen molar-refractivity contribution >= 4 is 28.3 Å². The largest absolute Gasteiger partial charge is 0.493 e. The number of fused-ring (bicyclic) bond motifs is 1. The van der Waals surface area contributed by atoms with Gasteiger partial charge in [0.05, 0.1) is 31.8 Å². The number of hydrogen-bond donors (Lipinski definition) is 2. The number of ketones is 1. The van der Waals surface area contributed by atoms with Crippen LogP contribution in [0.2, 0.25) is 0 Å². The van der Waals surface area contributed by atoms with Crippen LogP contribution in [0.1, 0.15) is 75.2 Å². The Morgan fingerprint density at radius 1 is 0.925 bits per heavy atom. The van der Waals surface area contributed by atoms with Crippen LogP contribution in [0, 0.1) is 5.92 Å². The van der Waals surface area contributed by atoms with E-state index in [0.717, 1.165) is 0 Å². The molecule has 40 heavy (non-hydrogen) atoms. The Hall–Kier alpha value is -3.79. The summed E-state index contributed by atoms with van der Waals surface area (Å²) in [5, 5.41) is 4.43. The highest BCUT2D eigenvalue weighted by Crippen LogP contribution is 2.33. The van der Waals surface area contributed by atoms with Crippen molar-refractivity contribution in [3.63, 3.8) is 0 Å². The Bertz CT molecular complexity index is 1310. The summed E-state index contributed by atoms with van der Waals surface area (Å²) in [7, 11) is 1.56. The molecule has 1 atom stereocenters. The summed E-state index contributed by atoms with van der Waals surface area (Å²) in [6.07, 6.45) is 1.42. The van der Waals surface area contributed by atoms with Gasteiger partial charge in [-0.05, 0) is 76.8 Å². The van der Waals surface area contributed by atoms with Crippen molar-refractivity contribution in [1.29, 1.82) is 0 Å². The molecule has 0 saturated heterocycles. The number of carbonyl (C=O) groups is 2. The Labute approximate surface area is 235 Å². The SMILES string of the molecule is COc1cc(C(=O)N(C(C)C)C(C)C)ccc1OCCCCOc1ccc2c(C(=O)C(N)C(C)C)noc2c1N. The van der Waals surface area contributed by atoms with Gasteiger partial charge in [-0.1, -0.05) is 19.0 Å². The van der Waals surface area contributed by atoms with E-state index in [4.69, 9.17) is 30.2 Å². The summed E-state index contributed by atoms with van der Waals surface area (Å²) >= 11 is 0. The fourth-order valence-corrected chi connectivity index (χ4v) is 4.47. The fourth-order valence-electron chi connectivity index (χ4n) is 4.47. The Kier molecular flexibility index (Phi) is 10.4. The number of nitrogens with zero attached hydrogens (tertiary/aromatic N) is 2. The van der Waals surface area contributed by atoms with Crippen LogP contribution in [-0.2, 0) is 0 Å². The summed E-state index contributed by atoms with van der Waals surface area (Å²) in [4.78, 5) is 27.5. The second-order valence-electron chi connectivity index (χ2n) is 10.7. The molecule has 0 aliphatic heterocycles. The number of methoxy groups -OCH3 is 1. The molecule has 4 N–H and O–H groups in total. The van der Waals surface area contributed by atoms with Gasteiger partial charge in [0.25, 0.3) is 5.91 Å². The molecule has 10 nitrogen and oxygen atoms in total. The predicted octanol–water partition coefficient (Wildman–Crippen LogP) is 5.08. The number of benzene rings is 2. The van der Waals surface area contributed by atoms with E-state index in [9.17, 15) is 9.59 Å². The lowest BCUT2D eigenvalue weighted by Crippen LogP contribution is -2.42. The maximum Gasteiger partial charge on any atom is 0.254 e. The molecule has 0 spiro atoms. The third kappa shape index (κ3) is 6.85. The molecular formula is C30H42N4O6. The molecular weight excluding hydrogens is 512 g/mol. The average molecular weight is 555 g/mol. The van der Waals surface area contributed by atoms with E-state index < -0.39 is 6.04 Å². The van der Waals surface area contributed by atoms with E-state index in [-0.39, 0.29) is 41.1 Å². The van der Waals surface area contributed by atoms with Gasteiger partial charge in [0.1, 0.15) is 11.4 Å². The van der Waals surface area contributed by atoms with Gasteiger partial charge in [0.15, 0.2) is 22.8 Å². The van der Waals surface area contributed by atoms with Crippen molar-refractivity contribution in [2.24, 2.45) is 11.7 Å². The van der Waals surface area contributed by atoms with Gasteiger partial charge in [-0.25, -0.2) is 0 Å². The quantitative estimate of drug-likeness (QED) is 0.158. The number of amides is 1. The molecule has 2 aromatic carbocycles. The molecule has 10 heteroatoms. The maximum atomic E-state index is 13.0. The number of unbranched alkanes of at least 4 members (excludes halogenated alkanes) is 1. The summed E-state index contributed by atoms with van der Waals surface area (Å²) in [6, 6.07) is 8.16. The van der Waals surface area contributed by atoms with Gasteiger partial charge < -0.3 is 35.1 Å². The van der Waals surface area contributed by atoms with E-state index in [1.54, 1.807) is 37.4 Å². The first-order valence-electron chi connectivity index (χ1n) is 13.7. The van der Waals surface area contributed by atoms with Crippen LogP contribution in [0.5, 0.6) is 17.2 Å². The van der Waals surface area contributed by atoms with E-state index >= 15 is 0 Å². The van der Waals surface area contributed by atoms with Crippen molar-refractivity contribution in [2.75, 3.05) is 26.1 Å². The highest BCUT2D eigenvalue weighted by molar-refractivity contribution is 6.10. The van der Waals surface area contributed by atoms with Gasteiger partial charge in [0.2, 0.25) is 5.78 Å². The van der Waals surface area contributed by atoms with Crippen LogP contribution >= 0.6 is 0 Å². The zero-order valence-electron chi connectivity index (χ0n) is 24.5. The number of ether oxygens (including phenoxy) is 3. The van der Waals surface area contributed by atoms with Crippen LogP contribution in [0.4, 0.5) is 5.69 Å². The van der Waals surface area contributed by atoms with Crippen LogP contribution in [0.15, 0.2) is 34.9 Å². The first-order chi connectivity index (χ1) is 19.0. The first-order valence-corrected chi connectivity index (χ1v) is 13.7. The molecule has 0 fully saturated rings. The smallest absolute Gasteiger partial charge is 0.254 e. The molecule has 1 amide bonds. The highest BCUT2D eigenvalue weighted by atomic mass is 16.5. The molecule has 1 aromatic heterocycles. The van der Waals surface area contributed by atoms with Gasteiger partial charge in [0, 0.05) is 17.6 Å². The molecule has 0 saturated carbocycles. The standard InChI is InChI=1S/C30H42N4O6/c1-17(2)25(31)28(35)27-21-11-13-23(26(32)29(21)40-33-27)39-15-9-8-14-38-22-12-10-20(16-24(22)37-7)30(36)34(18(3)4)19(5)6/h10-13,16-19,25H,8-9,14-15,31-32H2,1-7H3. The summed E-state index contributed by atoms with van der Waals surface area (Å²) in [5.74, 6) is 1.18. The number of Topliss-reactive ketones (excluding diaryl/α,β-unsaturated/α-hetero) is 1. The average Bonchev–Trinajstić information content (AvgIpc) is 3.35. The van der Waals surface area contributed by atoms with Crippen LogP contribution in [0.3, 0.4) is 0 Å². The van der Waals surface area contributed by atoms with Crippen LogP contribution in [0.25, 0.3) is 11.0 Å². The topological polar surface area (TPSA) is 143 Å². The lowest BCUT2D eigenvalue weighted by molar-refractivity contribution is 0.0643. The Balaban J connectivity index is 1.54. The molecule has 1 unspecified atom stereocenters. The van der Waals surface area contributed by atoms with E-state index in [1.807, 2.05) is 46.4 Å². The number of hydrogen-bond acceptors (Lipinski definition) is 9. The van der Waals surface area contributed by atoms with Crippen molar-refractivity contribution in [3.05, 3.63) is 41.6 Å². The maximum absolute atomic E-state index is 13.0. The molecule has 0 aliphatic rings. The fraction of sp³-hybridized carbons (Fsp3) is 0.500. The molecule has 3 aromatic rings. The Morgan fingerprint density at radius 2 is 1.52 bits per heavy atom. The summed E-state index contributed by atoms with van der Waals surface area (Å²) in [6.45, 7) is 12.6. The zero-order chi connectivity index (χ0) is 29.6. The van der Waals surface area contributed by atoms with E-state index in [1.165, 1.54) is 0 Å². The minimum absolute atomic E-state index is 0.0294. The van der Waals surface area contributed by atoms with Crippen molar-refractivity contribution in [1.82, 2.24) is 10.1 Å². The predicted molar refractivity (Wildman–Crippen MR) is 155 cm³/mol. The molecule has 0 radical (unpaired) electrons. The molecule has 1 heterocycles. The Morgan fingerprint density at radius 3 is 2.10 bits per heavy atom. The normalized spacial score (nSPS) is 12.3. The van der Waals surface area contributed by atoms with Gasteiger partial charge >= 0.3 is 0 Å². The molecule has 0 aliphatic carbocycles.